The number of sulfonamides is 1. The molecule has 23 heavy (non-hydrogen) atoms. The molecule has 10 heteroatoms. The van der Waals surface area contributed by atoms with E-state index < -0.39 is 32.0 Å². The second kappa shape index (κ2) is 5.77. The summed E-state index contributed by atoms with van der Waals surface area (Å²) in [4.78, 5) is 12.9. The summed E-state index contributed by atoms with van der Waals surface area (Å²) >= 11 is 0. The largest absolute Gasteiger partial charge is 0.447 e. The molecule has 1 atom stereocenters. The number of hydrogen-bond acceptors (Lipinski definition) is 6. The number of sulfone groups is 1. The van der Waals surface area contributed by atoms with E-state index in [2.05, 4.69) is 4.72 Å². The summed E-state index contributed by atoms with van der Waals surface area (Å²) < 4.78 is 54.6. The van der Waals surface area contributed by atoms with Crippen molar-refractivity contribution in [1.29, 1.82) is 0 Å². The number of benzene rings is 1. The molecule has 1 amide bonds. The number of anilines is 1. The van der Waals surface area contributed by atoms with Gasteiger partial charge in [-0.1, -0.05) is 0 Å². The maximum Gasteiger partial charge on any atom is 0.414 e. The second-order valence-corrected chi connectivity index (χ2v) is 9.42. The number of hydrogen-bond donors (Lipinski definition) is 1. The first kappa shape index (κ1) is 16.2. The summed E-state index contributed by atoms with van der Waals surface area (Å²) in [5.41, 5.74) is 0.551. The van der Waals surface area contributed by atoms with Crippen LogP contribution in [0.4, 0.5) is 10.5 Å². The minimum Gasteiger partial charge on any atom is -0.447 e. The lowest BCUT2D eigenvalue weighted by Crippen LogP contribution is -2.35. The molecule has 2 aliphatic heterocycles. The van der Waals surface area contributed by atoms with Crippen molar-refractivity contribution in [2.45, 2.75) is 17.4 Å². The smallest absolute Gasteiger partial charge is 0.414 e. The van der Waals surface area contributed by atoms with Gasteiger partial charge < -0.3 is 4.74 Å². The molecule has 0 saturated carbocycles. The Labute approximate surface area is 134 Å². The molecule has 0 aromatic heterocycles. The summed E-state index contributed by atoms with van der Waals surface area (Å²) in [5, 5.41) is 0. The van der Waals surface area contributed by atoms with Crippen LogP contribution in [0.3, 0.4) is 0 Å². The fourth-order valence-corrected chi connectivity index (χ4v) is 5.66. The number of carbonyl (C=O) groups is 1. The van der Waals surface area contributed by atoms with Crippen molar-refractivity contribution < 1.29 is 26.4 Å². The summed E-state index contributed by atoms with van der Waals surface area (Å²) in [5.74, 6) is -0.180. The van der Waals surface area contributed by atoms with Gasteiger partial charge in [0.2, 0.25) is 10.0 Å². The number of nitrogens with zero attached hydrogens (tertiary/aromatic N) is 1. The molecule has 8 nitrogen and oxygen atoms in total. The van der Waals surface area contributed by atoms with Gasteiger partial charge in [-0.3, -0.25) is 4.90 Å². The number of nitrogens with one attached hydrogen (secondary N) is 1. The molecule has 3 rings (SSSR count). The first-order valence-corrected chi connectivity index (χ1v) is 10.3. The molecule has 2 saturated heterocycles. The highest BCUT2D eigenvalue weighted by Crippen LogP contribution is 2.22. The average molecular weight is 360 g/mol. The van der Waals surface area contributed by atoms with Crippen molar-refractivity contribution in [3.63, 3.8) is 0 Å². The fourth-order valence-electron chi connectivity index (χ4n) is 2.61. The van der Waals surface area contributed by atoms with Gasteiger partial charge in [-0.25, -0.2) is 26.4 Å². The van der Waals surface area contributed by atoms with Crippen LogP contribution in [0.1, 0.15) is 6.42 Å². The van der Waals surface area contributed by atoms with Gasteiger partial charge in [-0.05, 0) is 30.7 Å². The number of rotatable bonds is 4. The van der Waals surface area contributed by atoms with E-state index in [1.54, 1.807) is 0 Å². The molecule has 0 spiro atoms. The Morgan fingerprint density at radius 3 is 2.43 bits per heavy atom. The van der Waals surface area contributed by atoms with Crippen molar-refractivity contribution in [3.05, 3.63) is 24.3 Å². The molecule has 1 unspecified atom stereocenters. The monoisotopic (exact) mass is 360 g/mol. The third-order valence-electron chi connectivity index (χ3n) is 3.77. The van der Waals surface area contributed by atoms with Crippen molar-refractivity contribution in [2.75, 3.05) is 29.6 Å². The van der Waals surface area contributed by atoms with Crippen molar-refractivity contribution in [2.24, 2.45) is 0 Å². The Bertz CT molecular complexity index is 817. The van der Waals surface area contributed by atoms with Crippen LogP contribution < -0.4 is 9.62 Å². The van der Waals surface area contributed by atoms with Gasteiger partial charge in [0, 0.05) is 11.7 Å². The van der Waals surface area contributed by atoms with Gasteiger partial charge in [0.1, 0.15) is 6.61 Å². The van der Waals surface area contributed by atoms with Crippen molar-refractivity contribution >= 4 is 31.6 Å². The third-order valence-corrected chi connectivity index (χ3v) is 7.08. The molecule has 126 valence electrons. The molecule has 1 aromatic carbocycles. The summed E-state index contributed by atoms with van der Waals surface area (Å²) in [7, 11) is -6.96. The van der Waals surface area contributed by atoms with E-state index in [0.717, 1.165) is 0 Å². The predicted octanol–water partition coefficient (Wildman–Crippen LogP) is 0.109. The third kappa shape index (κ3) is 3.48. The highest BCUT2D eigenvalue weighted by atomic mass is 32.2. The van der Waals surface area contributed by atoms with Gasteiger partial charge in [-0.15, -0.1) is 0 Å². The maximum absolute atomic E-state index is 12.3. The lowest BCUT2D eigenvalue weighted by atomic mass is 10.3. The molecule has 0 bridgehead atoms. The number of cyclic esters (lactones) is 1. The molecule has 1 N–H and O–H groups in total. The van der Waals surface area contributed by atoms with Crippen LogP contribution in [0.25, 0.3) is 0 Å². The summed E-state index contributed by atoms with van der Waals surface area (Å²) in [6.45, 7) is 0.722. The number of amides is 1. The van der Waals surface area contributed by atoms with Gasteiger partial charge >= 0.3 is 6.09 Å². The maximum atomic E-state index is 12.3. The van der Waals surface area contributed by atoms with Crippen LogP contribution in [-0.4, -0.2) is 53.6 Å². The zero-order valence-electron chi connectivity index (χ0n) is 12.1. The first-order chi connectivity index (χ1) is 10.8. The molecular weight excluding hydrogens is 344 g/mol. The molecular formula is C13H16N2O6S2. The summed E-state index contributed by atoms with van der Waals surface area (Å²) in [6.07, 6.45) is -0.186. The summed E-state index contributed by atoms with van der Waals surface area (Å²) in [6, 6.07) is 5.21. The van der Waals surface area contributed by atoms with E-state index in [1.807, 2.05) is 0 Å². The lowest BCUT2D eigenvalue weighted by Gasteiger charge is -2.14. The van der Waals surface area contributed by atoms with Crippen LogP contribution in [0.2, 0.25) is 0 Å². The Morgan fingerprint density at radius 1 is 1.22 bits per heavy atom. The van der Waals surface area contributed by atoms with Crippen LogP contribution in [0, 0.1) is 0 Å². The SMILES string of the molecule is O=C1OCCN1c1ccc(S(=O)(=O)NC2CCS(=O)(=O)C2)cc1. The van der Waals surface area contributed by atoms with Crippen LogP contribution in [-0.2, 0) is 24.6 Å². The van der Waals surface area contributed by atoms with Crippen LogP contribution >= 0.6 is 0 Å². The van der Waals surface area contributed by atoms with E-state index in [4.69, 9.17) is 4.74 Å². The number of ether oxygens (including phenoxy) is 1. The fraction of sp³-hybridized carbons (Fsp3) is 0.462. The highest BCUT2D eigenvalue weighted by Gasteiger charge is 2.31. The van der Waals surface area contributed by atoms with E-state index in [0.29, 0.717) is 18.8 Å². The van der Waals surface area contributed by atoms with Gasteiger partial charge in [0.05, 0.1) is 22.9 Å². The predicted molar refractivity (Wildman–Crippen MR) is 82.5 cm³/mol. The lowest BCUT2D eigenvalue weighted by molar-refractivity contribution is 0.181. The molecule has 0 aliphatic carbocycles. The van der Waals surface area contributed by atoms with Gasteiger partial charge in [-0.2, -0.15) is 0 Å². The van der Waals surface area contributed by atoms with E-state index in [-0.39, 0.29) is 22.8 Å². The Kier molecular flexibility index (Phi) is 4.07. The van der Waals surface area contributed by atoms with Gasteiger partial charge in [0.15, 0.2) is 9.84 Å². The quantitative estimate of drug-likeness (QED) is 0.816. The molecule has 2 aliphatic rings. The Morgan fingerprint density at radius 2 is 1.91 bits per heavy atom. The molecule has 1 aromatic rings. The zero-order valence-corrected chi connectivity index (χ0v) is 13.8. The van der Waals surface area contributed by atoms with Gasteiger partial charge in [0.25, 0.3) is 0 Å². The Hall–Kier alpha value is -1.65. The molecule has 2 heterocycles. The molecule has 0 radical (unpaired) electrons. The van der Waals surface area contributed by atoms with Crippen LogP contribution in [0.15, 0.2) is 29.2 Å². The normalized spacial score (nSPS) is 23.9. The second-order valence-electron chi connectivity index (χ2n) is 5.48. The average Bonchev–Trinajstić information content (AvgIpc) is 3.04. The van der Waals surface area contributed by atoms with E-state index in [9.17, 15) is 21.6 Å². The molecule has 2 fully saturated rings. The zero-order chi connectivity index (χ0) is 16.7. The first-order valence-electron chi connectivity index (χ1n) is 7.04. The Balaban J connectivity index is 1.74. The topological polar surface area (TPSA) is 110 Å². The van der Waals surface area contributed by atoms with E-state index >= 15 is 0 Å². The standard InChI is InChI=1S/C13H16N2O6S2/c16-13-15(6-7-21-13)11-1-3-12(4-2-11)23(19,20)14-10-5-8-22(17,18)9-10/h1-4,10,14H,5-9H2. The van der Waals surface area contributed by atoms with E-state index in [1.165, 1.54) is 29.2 Å². The van der Waals surface area contributed by atoms with Crippen molar-refractivity contribution in [1.82, 2.24) is 4.72 Å². The van der Waals surface area contributed by atoms with Crippen molar-refractivity contribution in [3.8, 4) is 0 Å². The minimum absolute atomic E-state index is 0.00377. The number of carbonyl (C=O) groups excluding carboxylic acids is 1. The van der Waals surface area contributed by atoms with Crippen LogP contribution in [0.5, 0.6) is 0 Å². The highest BCUT2D eigenvalue weighted by molar-refractivity contribution is 7.92. The minimum atomic E-state index is -3.80.